The van der Waals surface area contributed by atoms with Crippen LogP contribution in [0.1, 0.15) is 5.56 Å². The van der Waals surface area contributed by atoms with Gasteiger partial charge in [-0.25, -0.2) is 0 Å². The number of aliphatic hydroxyl groups is 1. The van der Waals surface area contributed by atoms with Gasteiger partial charge >= 0.3 is 6.36 Å². The number of rotatable bonds is 2. The number of alkyl halides is 3. The van der Waals surface area contributed by atoms with Crippen molar-refractivity contribution in [2.24, 2.45) is 0 Å². The Morgan fingerprint density at radius 2 is 2.07 bits per heavy atom. The van der Waals surface area contributed by atoms with E-state index in [1.54, 1.807) is 0 Å². The van der Waals surface area contributed by atoms with E-state index in [4.69, 9.17) is 16.7 Å². The number of aliphatic hydroxyl groups excluding tert-OH is 1. The Labute approximate surface area is 82.1 Å². The molecule has 0 atom stereocenters. The standard InChI is InChI=1S/C7H5ClF3NO2/c8-5-1-12-2-6(4(5)3-13)14-7(9,10)11/h1-2,13H,3H2. The third kappa shape index (κ3) is 2.74. The zero-order valence-electron chi connectivity index (χ0n) is 6.68. The van der Waals surface area contributed by atoms with E-state index in [0.29, 0.717) is 0 Å². The van der Waals surface area contributed by atoms with E-state index in [1.807, 2.05) is 0 Å². The SMILES string of the molecule is OCc1c(Cl)cncc1OC(F)(F)F. The van der Waals surface area contributed by atoms with Crippen LogP contribution in [0.5, 0.6) is 5.75 Å². The first-order valence-corrected chi connectivity index (χ1v) is 3.81. The minimum Gasteiger partial charge on any atom is -0.404 e. The summed E-state index contributed by atoms with van der Waals surface area (Å²) in [6, 6.07) is 0. The first kappa shape index (κ1) is 11.1. The monoisotopic (exact) mass is 227 g/mol. The predicted octanol–water partition coefficient (Wildman–Crippen LogP) is 2.13. The number of ether oxygens (including phenoxy) is 1. The fourth-order valence-electron chi connectivity index (χ4n) is 0.810. The van der Waals surface area contributed by atoms with Crippen LogP contribution in [0.4, 0.5) is 13.2 Å². The second kappa shape index (κ2) is 4.02. The summed E-state index contributed by atoms with van der Waals surface area (Å²) in [5, 5.41) is 8.66. The third-order valence-electron chi connectivity index (χ3n) is 1.35. The summed E-state index contributed by atoms with van der Waals surface area (Å²) < 4.78 is 39.0. The summed E-state index contributed by atoms with van der Waals surface area (Å²) in [4.78, 5) is 3.41. The highest BCUT2D eigenvalue weighted by Crippen LogP contribution is 2.29. The van der Waals surface area contributed by atoms with E-state index in [2.05, 4.69) is 9.72 Å². The molecule has 0 spiro atoms. The Hall–Kier alpha value is -1.01. The molecule has 0 aliphatic rings. The zero-order chi connectivity index (χ0) is 10.8. The fraction of sp³-hybridized carbons (Fsp3) is 0.286. The maximum atomic E-state index is 11.8. The Kier molecular flexibility index (Phi) is 3.17. The van der Waals surface area contributed by atoms with Crippen molar-refractivity contribution in [3.05, 3.63) is 23.0 Å². The number of pyridine rings is 1. The summed E-state index contributed by atoms with van der Waals surface area (Å²) in [6.07, 6.45) is -2.86. The van der Waals surface area contributed by atoms with E-state index in [9.17, 15) is 13.2 Å². The molecule has 14 heavy (non-hydrogen) atoms. The molecule has 7 heteroatoms. The van der Waals surface area contributed by atoms with Gasteiger partial charge in [-0.15, -0.1) is 13.2 Å². The Bertz CT molecular complexity index is 329. The molecule has 78 valence electrons. The van der Waals surface area contributed by atoms with Gasteiger partial charge in [-0.2, -0.15) is 0 Å². The largest absolute Gasteiger partial charge is 0.573 e. The van der Waals surface area contributed by atoms with Gasteiger partial charge in [0, 0.05) is 11.8 Å². The maximum Gasteiger partial charge on any atom is 0.573 e. The topological polar surface area (TPSA) is 42.4 Å². The van der Waals surface area contributed by atoms with Crippen molar-refractivity contribution in [2.75, 3.05) is 0 Å². The van der Waals surface area contributed by atoms with Crippen molar-refractivity contribution < 1.29 is 23.0 Å². The molecule has 1 aromatic rings. The van der Waals surface area contributed by atoms with Gasteiger partial charge < -0.3 is 9.84 Å². The van der Waals surface area contributed by atoms with Crippen molar-refractivity contribution in [3.8, 4) is 5.75 Å². The van der Waals surface area contributed by atoms with Crippen LogP contribution in [-0.2, 0) is 6.61 Å². The quantitative estimate of drug-likeness (QED) is 0.842. The minimum atomic E-state index is -4.82. The van der Waals surface area contributed by atoms with E-state index in [-0.39, 0.29) is 10.6 Å². The van der Waals surface area contributed by atoms with Gasteiger partial charge in [0.1, 0.15) is 0 Å². The Morgan fingerprint density at radius 3 is 2.57 bits per heavy atom. The molecule has 1 N–H and O–H groups in total. The molecule has 0 aliphatic carbocycles. The fourth-order valence-corrected chi connectivity index (χ4v) is 1.02. The van der Waals surface area contributed by atoms with Crippen LogP contribution in [0.2, 0.25) is 5.02 Å². The molecule has 0 fully saturated rings. The number of halogens is 4. The predicted molar refractivity (Wildman–Crippen MR) is 41.9 cm³/mol. The molecule has 0 saturated carbocycles. The number of nitrogens with zero attached hydrogens (tertiary/aromatic N) is 1. The van der Waals surface area contributed by atoms with Gasteiger partial charge in [0.05, 0.1) is 17.8 Å². The van der Waals surface area contributed by atoms with Gasteiger partial charge in [-0.1, -0.05) is 11.6 Å². The molecule has 3 nitrogen and oxygen atoms in total. The summed E-state index contributed by atoms with van der Waals surface area (Å²) in [7, 11) is 0. The molecule has 0 bridgehead atoms. The van der Waals surface area contributed by atoms with Crippen molar-refractivity contribution in [3.63, 3.8) is 0 Å². The summed E-state index contributed by atoms with van der Waals surface area (Å²) in [5.74, 6) is -0.590. The lowest BCUT2D eigenvalue weighted by Gasteiger charge is -2.11. The molecule has 1 heterocycles. The van der Waals surface area contributed by atoms with Crippen LogP contribution in [0.3, 0.4) is 0 Å². The molecule has 0 aliphatic heterocycles. The van der Waals surface area contributed by atoms with Gasteiger partial charge in [-0.3, -0.25) is 4.98 Å². The molecule has 0 radical (unpaired) electrons. The average Bonchev–Trinajstić information content (AvgIpc) is 2.01. The van der Waals surface area contributed by atoms with Crippen LogP contribution >= 0.6 is 11.6 Å². The van der Waals surface area contributed by atoms with Crippen LogP contribution in [0.15, 0.2) is 12.4 Å². The van der Waals surface area contributed by atoms with Gasteiger partial charge in [0.15, 0.2) is 5.75 Å². The molecule has 0 aromatic carbocycles. The second-order valence-electron chi connectivity index (χ2n) is 2.30. The summed E-state index contributed by atoms with van der Waals surface area (Å²) in [5.41, 5.74) is -0.140. The molecule has 0 saturated heterocycles. The van der Waals surface area contributed by atoms with E-state index < -0.39 is 18.7 Å². The normalized spacial score (nSPS) is 11.5. The van der Waals surface area contributed by atoms with Crippen molar-refractivity contribution >= 4 is 11.6 Å². The molecular weight excluding hydrogens is 223 g/mol. The van der Waals surface area contributed by atoms with Crippen molar-refractivity contribution in [1.82, 2.24) is 4.98 Å². The van der Waals surface area contributed by atoms with Crippen LogP contribution < -0.4 is 4.74 Å². The highest BCUT2D eigenvalue weighted by Gasteiger charge is 2.32. The maximum absolute atomic E-state index is 11.8. The number of hydrogen-bond donors (Lipinski definition) is 1. The van der Waals surface area contributed by atoms with Gasteiger partial charge in [-0.05, 0) is 0 Å². The first-order chi connectivity index (χ1) is 6.44. The molecule has 1 rings (SSSR count). The van der Waals surface area contributed by atoms with Gasteiger partial charge in [0.2, 0.25) is 0 Å². The lowest BCUT2D eigenvalue weighted by molar-refractivity contribution is -0.275. The Balaban J connectivity index is 3.02. The highest BCUT2D eigenvalue weighted by atomic mass is 35.5. The average molecular weight is 228 g/mol. The number of aromatic nitrogens is 1. The number of hydrogen-bond acceptors (Lipinski definition) is 3. The lowest BCUT2D eigenvalue weighted by atomic mass is 10.2. The minimum absolute atomic E-state index is 0.0748. The van der Waals surface area contributed by atoms with E-state index in [1.165, 1.54) is 0 Å². The molecule has 0 amide bonds. The summed E-state index contributed by atoms with van der Waals surface area (Å²) in [6.45, 7) is -0.646. The molecule has 0 unspecified atom stereocenters. The zero-order valence-corrected chi connectivity index (χ0v) is 7.43. The van der Waals surface area contributed by atoms with Crippen LogP contribution in [0, 0.1) is 0 Å². The highest BCUT2D eigenvalue weighted by molar-refractivity contribution is 6.31. The third-order valence-corrected chi connectivity index (χ3v) is 1.67. The first-order valence-electron chi connectivity index (χ1n) is 3.43. The van der Waals surface area contributed by atoms with E-state index in [0.717, 1.165) is 12.4 Å². The molecule has 1 aromatic heterocycles. The Morgan fingerprint density at radius 1 is 1.43 bits per heavy atom. The second-order valence-corrected chi connectivity index (χ2v) is 2.71. The smallest absolute Gasteiger partial charge is 0.404 e. The van der Waals surface area contributed by atoms with Crippen LogP contribution in [-0.4, -0.2) is 16.5 Å². The molecular formula is C7H5ClF3NO2. The van der Waals surface area contributed by atoms with Crippen LogP contribution in [0.25, 0.3) is 0 Å². The van der Waals surface area contributed by atoms with E-state index >= 15 is 0 Å². The summed E-state index contributed by atoms with van der Waals surface area (Å²) >= 11 is 5.49. The van der Waals surface area contributed by atoms with Gasteiger partial charge in [0.25, 0.3) is 0 Å². The van der Waals surface area contributed by atoms with Crippen molar-refractivity contribution in [1.29, 1.82) is 0 Å². The lowest BCUT2D eigenvalue weighted by Crippen LogP contribution is -2.18. The van der Waals surface area contributed by atoms with Crippen molar-refractivity contribution in [2.45, 2.75) is 13.0 Å².